The molecule has 18 heavy (non-hydrogen) atoms. The van der Waals surface area contributed by atoms with Crippen molar-refractivity contribution in [3.8, 4) is 0 Å². The molecule has 0 N–H and O–H groups in total. The molecule has 1 aromatic heterocycles. The molecule has 6 heteroatoms. The van der Waals surface area contributed by atoms with Crippen LogP contribution in [0.3, 0.4) is 0 Å². The van der Waals surface area contributed by atoms with Crippen molar-refractivity contribution >= 4 is 27.4 Å². The zero-order chi connectivity index (χ0) is 13.1. The molecule has 0 aliphatic carbocycles. The lowest BCUT2D eigenvalue weighted by molar-refractivity contribution is -0.140. The predicted octanol–water partition coefficient (Wildman–Crippen LogP) is 0.986. The maximum atomic E-state index is 12.1. The van der Waals surface area contributed by atoms with Crippen LogP contribution >= 0.6 is 11.3 Å². The van der Waals surface area contributed by atoms with Crippen LogP contribution in [0.5, 0.6) is 0 Å². The van der Waals surface area contributed by atoms with Crippen molar-refractivity contribution < 1.29 is 9.53 Å². The molecule has 0 aliphatic heterocycles. The van der Waals surface area contributed by atoms with Crippen molar-refractivity contribution in [2.45, 2.75) is 13.0 Å². The van der Waals surface area contributed by atoms with E-state index in [1.807, 2.05) is 0 Å². The molecule has 2 aromatic rings. The first-order valence-electron chi connectivity index (χ1n) is 5.33. The Balaban J connectivity index is 2.48. The molecule has 0 saturated heterocycles. The Morgan fingerprint density at radius 1 is 1.33 bits per heavy atom. The second kappa shape index (κ2) is 5.14. The number of hydrogen-bond donors (Lipinski definition) is 0. The van der Waals surface area contributed by atoms with Crippen molar-refractivity contribution in [3.05, 3.63) is 44.3 Å². The molecular formula is C12H11NO4S. The van der Waals surface area contributed by atoms with E-state index in [4.69, 9.17) is 0 Å². The molecule has 0 aliphatic rings. The monoisotopic (exact) mass is 265 g/mol. The maximum Gasteiger partial charge on any atom is 0.310 e. The second-order valence-electron chi connectivity index (χ2n) is 3.65. The molecule has 2 rings (SSSR count). The first-order valence-corrected chi connectivity index (χ1v) is 6.14. The Morgan fingerprint density at radius 3 is 2.78 bits per heavy atom. The third kappa shape index (κ3) is 2.33. The number of nitrogens with zero attached hydrogens (tertiary/aromatic N) is 1. The van der Waals surface area contributed by atoms with Gasteiger partial charge in [-0.05, 0) is 12.1 Å². The molecule has 0 amide bonds. The lowest BCUT2D eigenvalue weighted by Crippen LogP contribution is -2.31. The number of fused-ring (bicyclic) bond motifs is 1. The maximum absolute atomic E-state index is 12.1. The summed E-state index contributed by atoms with van der Waals surface area (Å²) in [5.41, 5.74) is -0.363. The van der Waals surface area contributed by atoms with Gasteiger partial charge in [0, 0.05) is 11.2 Å². The standard InChI is InChI=1S/C12H11NO4S/c1-17-10(14)6-7-13-11(15)8-4-2-3-5-9(8)18-12(13)16/h2-5H,6-7H2,1H3. The van der Waals surface area contributed by atoms with Gasteiger partial charge < -0.3 is 4.74 Å². The molecule has 0 fully saturated rings. The summed E-state index contributed by atoms with van der Waals surface area (Å²) in [7, 11) is 1.27. The topological polar surface area (TPSA) is 65.4 Å². The van der Waals surface area contributed by atoms with Crippen molar-refractivity contribution in [2.24, 2.45) is 0 Å². The summed E-state index contributed by atoms with van der Waals surface area (Å²) in [6.07, 6.45) is 0.0106. The Labute approximate surface area is 106 Å². The quantitative estimate of drug-likeness (QED) is 0.776. The summed E-state index contributed by atoms with van der Waals surface area (Å²) >= 11 is 0.997. The fraction of sp³-hybridized carbons (Fsp3) is 0.250. The Hall–Kier alpha value is -1.95. The van der Waals surface area contributed by atoms with Crippen molar-refractivity contribution in [1.29, 1.82) is 0 Å². The minimum Gasteiger partial charge on any atom is -0.469 e. The van der Waals surface area contributed by atoms with Gasteiger partial charge in [0.15, 0.2) is 0 Å². The van der Waals surface area contributed by atoms with Crippen molar-refractivity contribution in [1.82, 2.24) is 4.57 Å². The number of carbonyl (C=O) groups excluding carboxylic acids is 1. The van der Waals surface area contributed by atoms with Gasteiger partial charge in [0.2, 0.25) is 0 Å². The summed E-state index contributed by atoms with van der Waals surface area (Å²) in [6.45, 7) is 0.0473. The van der Waals surface area contributed by atoms with Gasteiger partial charge in [0.05, 0.1) is 18.9 Å². The Morgan fingerprint density at radius 2 is 2.06 bits per heavy atom. The average Bonchev–Trinajstić information content (AvgIpc) is 2.38. The van der Waals surface area contributed by atoms with Crippen LogP contribution in [0.4, 0.5) is 0 Å². The highest BCUT2D eigenvalue weighted by molar-refractivity contribution is 7.16. The van der Waals surface area contributed by atoms with Crippen LogP contribution in [-0.2, 0) is 16.1 Å². The molecule has 94 valence electrons. The number of methoxy groups -OCH3 is 1. The third-order valence-electron chi connectivity index (χ3n) is 2.55. The zero-order valence-electron chi connectivity index (χ0n) is 9.71. The summed E-state index contributed by atoms with van der Waals surface area (Å²) in [4.78, 5) is 34.5. The van der Waals surface area contributed by atoms with Gasteiger partial charge in [-0.25, -0.2) is 0 Å². The van der Waals surface area contributed by atoms with E-state index in [-0.39, 0.29) is 23.4 Å². The van der Waals surface area contributed by atoms with Gasteiger partial charge in [-0.15, -0.1) is 0 Å². The lowest BCUT2D eigenvalue weighted by atomic mass is 10.3. The number of aromatic nitrogens is 1. The first-order chi connectivity index (χ1) is 8.63. The summed E-state index contributed by atoms with van der Waals surface area (Å²) in [5.74, 6) is -0.445. The van der Waals surface area contributed by atoms with E-state index >= 15 is 0 Å². The minimum absolute atomic E-state index is 0.0106. The van der Waals surface area contributed by atoms with Crippen LogP contribution in [0.25, 0.3) is 10.1 Å². The normalized spacial score (nSPS) is 10.5. The summed E-state index contributed by atoms with van der Waals surface area (Å²) < 4.78 is 6.21. The zero-order valence-corrected chi connectivity index (χ0v) is 10.5. The Kier molecular flexibility index (Phi) is 3.57. The molecule has 0 radical (unpaired) electrons. The second-order valence-corrected chi connectivity index (χ2v) is 4.64. The van der Waals surface area contributed by atoms with Crippen molar-refractivity contribution in [3.63, 3.8) is 0 Å². The highest BCUT2D eigenvalue weighted by Crippen LogP contribution is 2.10. The van der Waals surface area contributed by atoms with E-state index in [0.717, 1.165) is 15.9 Å². The number of carbonyl (C=O) groups is 1. The van der Waals surface area contributed by atoms with Crippen LogP contribution in [-0.4, -0.2) is 17.6 Å². The van der Waals surface area contributed by atoms with E-state index in [9.17, 15) is 14.4 Å². The predicted molar refractivity (Wildman–Crippen MR) is 69.0 cm³/mol. The molecule has 0 saturated carbocycles. The fourth-order valence-electron chi connectivity index (χ4n) is 1.61. The van der Waals surface area contributed by atoms with E-state index in [2.05, 4.69) is 4.74 Å². The molecule has 5 nitrogen and oxygen atoms in total. The van der Waals surface area contributed by atoms with Gasteiger partial charge in [0.25, 0.3) is 5.56 Å². The van der Waals surface area contributed by atoms with Crippen LogP contribution < -0.4 is 10.4 Å². The van der Waals surface area contributed by atoms with Crippen LogP contribution in [0.1, 0.15) is 6.42 Å². The van der Waals surface area contributed by atoms with Crippen LogP contribution in [0.2, 0.25) is 0 Å². The largest absolute Gasteiger partial charge is 0.469 e. The van der Waals surface area contributed by atoms with Gasteiger partial charge in [-0.1, -0.05) is 23.5 Å². The first kappa shape index (κ1) is 12.5. The van der Waals surface area contributed by atoms with Crippen molar-refractivity contribution in [2.75, 3.05) is 7.11 Å². The van der Waals surface area contributed by atoms with Crippen LogP contribution in [0.15, 0.2) is 33.9 Å². The summed E-state index contributed by atoms with van der Waals surface area (Å²) in [6, 6.07) is 6.91. The molecule has 1 aromatic carbocycles. The molecular weight excluding hydrogens is 254 g/mol. The number of rotatable bonds is 3. The van der Waals surface area contributed by atoms with Gasteiger partial charge in [-0.2, -0.15) is 0 Å². The molecule has 0 atom stereocenters. The highest BCUT2D eigenvalue weighted by atomic mass is 32.1. The smallest absolute Gasteiger partial charge is 0.310 e. The minimum atomic E-state index is -0.445. The lowest BCUT2D eigenvalue weighted by Gasteiger charge is -2.04. The van der Waals surface area contributed by atoms with E-state index in [1.165, 1.54) is 7.11 Å². The number of benzene rings is 1. The number of ether oxygens (including phenoxy) is 1. The van der Waals surface area contributed by atoms with Gasteiger partial charge in [0.1, 0.15) is 0 Å². The van der Waals surface area contributed by atoms with Crippen LogP contribution in [0, 0.1) is 0 Å². The molecule has 1 heterocycles. The molecule has 0 unspecified atom stereocenters. The van der Waals surface area contributed by atoms with E-state index in [1.54, 1.807) is 24.3 Å². The van der Waals surface area contributed by atoms with E-state index in [0.29, 0.717) is 10.1 Å². The fourth-order valence-corrected chi connectivity index (χ4v) is 2.49. The molecule has 0 bridgehead atoms. The third-order valence-corrected chi connectivity index (χ3v) is 3.52. The molecule has 0 spiro atoms. The van der Waals surface area contributed by atoms with Gasteiger partial charge >= 0.3 is 10.8 Å². The SMILES string of the molecule is COC(=O)CCn1c(=O)sc2ccccc2c1=O. The Bertz CT molecular complexity index is 701. The van der Waals surface area contributed by atoms with Gasteiger partial charge in [-0.3, -0.25) is 19.0 Å². The highest BCUT2D eigenvalue weighted by Gasteiger charge is 2.09. The number of esters is 1. The number of hydrogen-bond acceptors (Lipinski definition) is 5. The van der Waals surface area contributed by atoms with E-state index < -0.39 is 5.97 Å². The average molecular weight is 265 g/mol. The summed E-state index contributed by atoms with van der Waals surface area (Å²) in [5, 5.41) is 0.493.